The molecule has 0 amide bonds. The van der Waals surface area contributed by atoms with Gasteiger partial charge in [-0.25, -0.2) is 4.79 Å². The first-order chi connectivity index (χ1) is 4.34. The van der Waals surface area contributed by atoms with Crippen molar-refractivity contribution in [1.29, 1.82) is 0 Å². The van der Waals surface area contributed by atoms with Gasteiger partial charge >= 0.3 is 5.97 Å². The maximum absolute atomic E-state index is 10.5. The fourth-order valence-electron chi connectivity index (χ4n) is 0.949. The zero-order valence-corrected chi connectivity index (χ0v) is 6.19. The van der Waals surface area contributed by atoms with E-state index >= 15 is 0 Å². The number of nitrogens with one attached hydrogen (secondary N) is 1. The van der Waals surface area contributed by atoms with Crippen molar-refractivity contribution in [3.8, 4) is 0 Å². The summed E-state index contributed by atoms with van der Waals surface area (Å²) in [5, 5.41) is 10.8. The van der Waals surface area contributed by atoms with Crippen LogP contribution in [-0.2, 0) is 9.68 Å². The quantitative estimate of drug-likeness (QED) is 0.432. The number of halogens is 1. The van der Waals surface area contributed by atoms with Crippen LogP contribution in [0.25, 0.3) is 0 Å². The molecule has 60 valence electrons. The second-order valence-electron chi connectivity index (χ2n) is 2.06. The fraction of sp³-hybridized carbons (Fsp3) is 0.800. The van der Waals surface area contributed by atoms with Crippen LogP contribution in [0.1, 0.15) is 12.8 Å². The third-order valence-corrected chi connectivity index (χ3v) is 1.43. The molecule has 1 unspecified atom stereocenters. The number of hydrogen-bond donors (Lipinski definition) is 2. The summed E-state index contributed by atoms with van der Waals surface area (Å²) in [5.74, 6) is -0.576. The summed E-state index contributed by atoms with van der Waals surface area (Å²) in [6.45, 7) is 0.833. The zero-order chi connectivity index (χ0) is 6.69. The molecule has 1 aliphatic heterocycles. The van der Waals surface area contributed by atoms with E-state index in [0.717, 1.165) is 19.4 Å². The van der Waals surface area contributed by atoms with Crippen molar-refractivity contribution in [2.24, 2.45) is 0 Å². The molecule has 0 spiro atoms. The fourth-order valence-corrected chi connectivity index (χ4v) is 0.949. The normalized spacial score (nSPS) is 23.5. The van der Waals surface area contributed by atoms with Gasteiger partial charge in [0.1, 0.15) is 6.04 Å². The number of hydrogen-bond acceptors (Lipinski definition) is 4. The van der Waals surface area contributed by atoms with E-state index in [1.165, 1.54) is 0 Å². The van der Waals surface area contributed by atoms with Crippen molar-refractivity contribution >= 4 is 18.4 Å². The van der Waals surface area contributed by atoms with Crippen molar-refractivity contribution < 1.29 is 14.9 Å². The Bertz CT molecular complexity index is 113. The standard InChI is InChI=1S/C5H9NO3.ClH/c7-5(9-8)4-2-1-3-6-4;/h4,6,8H,1-3H2;1H. The highest BCUT2D eigenvalue weighted by atomic mass is 35.5. The van der Waals surface area contributed by atoms with E-state index in [1.807, 2.05) is 0 Å². The maximum atomic E-state index is 10.5. The van der Waals surface area contributed by atoms with E-state index < -0.39 is 5.97 Å². The Morgan fingerprint density at radius 1 is 1.70 bits per heavy atom. The summed E-state index contributed by atoms with van der Waals surface area (Å²) in [7, 11) is 0. The van der Waals surface area contributed by atoms with Gasteiger partial charge in [0.15, 0.2) is 0 Å². The highest BCUT2D eigenvalue weighted by molar-refractivity contribution is 5.85. The first-order valence-electron chi connectivity index (χ1n) is 2.93. The van der Waals surface area contributed by atoms with Crippen molar-refractivity contribution in [3.05, 3.63) is 0 Å². The third-order valence-electron chi connectivity index (χ3n) is 1.43. The van der Waals surface area contributed by atoms with Crippen molar-refractivity contribution in [2.75, 3.05) is 6.54 Å². The molecular formula is C5H10ClNO3. The summed E-state index contributed by atoms with van der Waals surface area (Å²) in [5.41, 5.74) is 0. The lowest BCUT2D eigenvalue weighted by Crippen LogP contribution is -2.31. The molecule has 1 heterocycles. The molecule has 1 rings (SSSR count). The molecule has 1 atom stereocenters. The first-order valence-corrected chi connectivity index (χ1v) is 2.93. The van der Waals surface area contributed by atoms with Crippen LogP contribution in [0.5, 0.6) is 0 Å². The largest absolute Gasteiger partial charge is 0.358 e. The number of carbonyl (C=O) groups is 1. The Morgan fingerprint density at radius 3 is 2.80 bits per heavy atom. The van der Waals surface area contributed by atoms with Gasteiger partial charge in [-0.1, -0.05) is 0 Å². The van der Waals surface area contributed by atoms with Gasteiger partial charge in [0.2, 0.25) is 0 Å². The maximum Gasteiger partial charge on any atom is 0.358 e. The molecule has 0 radical (unpaired) electrons. The molecule has 1 saturated heterocycles. The van der Waals surface area contributed by atoms with Crippen LogP contribution in [0.2, 0.25) is 0 Å². The lowest BCUT2D eigenvalue weighted by Gasteiger charge is -2.02. The summed E-state index contributed by atoms with van der Waals surface area (Å²) >= 11 is 0. The third kappa shape index (κ3) is 2.13. The average Bonchev–Trinajstić information content (AvgIpc) is 2.37. The Balaban J connectivity index is 0.000000810. The smallest absolute Gasteiger partial charge is 0.304 e. The van der Waals surface area contributed by atoms with Gasteiger partial charge in [-0.3, -0.25) is 4.89 Å². The molecule has 5 heteroatoms. The molecule has 0 aromatic rings. The molecule has 0 aromatic heterocycles. The summed E-state index contributed by atoms with van der Waals surface area (Å²) < 4.78 is 0. The van der Waals surface area contributed by atoms with E-state index in [0.29, 0.717) is 0 Å². The van der Waals surface area contributed by atoms with Crippen LogP contribution in [0.3, 0.4) is 0 Å². The molecule has 0 saturated carbocycles. The molecule has 10 heavy (non-hydrogen) atoms. The van der Waals surface area contributed by atoms with Crippen molar-refractivity contribution in [1.82, 2.24) is 5.32 Å². The highest BCUT2D eigenvalue weighted by Crippen LogP contribution is 2.05. The van der Waals surface area contributed by atoms with Crippen LogP contribution in [0, 0.1) is 0 Å². The van der Waals surface area contributed by atoms with Gasteiger partial charge < -0.3 is 5.32 Å². The minimum Gasteiger partial charge on any atom is -0.304 e. The van der Waals surface area contributed by atoms with E-state index in [1.54, 1.807) is 0 Å². The van der Waals surface area contributed by atoms with E-state index in [9.17, 15) is 4.79 Å². The molecule has 0 aromatic carbocycles. The summed E-state index contributed by atoms with van der Waals surface area (Å²) in [6.07, 6.45) is 1.74. The SMILES string of the molecule is Cl.O=C(OO)C1CCCN1. The molecule has 2 N–H and O–H groups in total. The van der Waals surface area contributed by atoms with Gasteiger partial charge in [0.05, 0.1) is 0 Å². The van der Waals surface area contributed by atoms with Gasteiger partial charge in [-0.2, -0.15) is 5.26 Å². The van der Waals surface area contributed by atoms with E-state index in [-0.39, 0.29) is 18.4 Å². The Labute approximate surface area is 64.9 Å². The lowest BCUT2D eigenvalue weighted by molar-refractivity contribution is -0.236. The molecular weight excluding hydrogens is 158 g/mol. The van der Waals surface area contributed by atoms with E-state index in [2.05, 4.69) is 10.2 Å². The molecule has 0 aliphatic carbocycles. The Hall–Kier alpha value is -0.320. The van der Waals surface area contributed by atoms with Gasteiger partial charge in [-0.05, 0) is 19.4 Å². The molecule has 1 fully saturated rings. The zero-order valence-electron chi connectivity index (χ0n) is 5.37. The van der Waals surface area contributed by atoms with Crippen molar-refractivity contribution in [3.63, 3.8) is 0 Å². The lowest BCUT2D eigenvalue weighted by atomic mass is 10.2. The molecule has 4 nitrogen and oxygen atoms in total. The average molecular weight is 168 g/mol. The summed E-state index contributed by atoms with van der Waals surface area (Å²) in [4.78, 5) is 14.0. The summed E-state index contributed by atoms with van der Waals surface area (Å²) in [6, 6.07) is -0.282. The highest BCUT2D eigenvalue weighted by Gasteiger charge is 2.23. The first kappa shape index (κ1) is 9.68. The predicted octanol–water partition coefficient (Wildman–Crippen LogP) is 0.176. The Kier molecular flexibility index (Phi) is 4.34. The van der Waals surface area contributed by atoms with Crippen LogP contribution in [0.4, 0.5) is 0 Å². The van der Waals surface area contributed by atoms with Crippen LogP contribution in [-0.4, -0.2) is 23.8 Å². The van der Waals surface area contributed by atoms with Crippen molar-refractivity contribution in [2.45, 2.75) is 18.9 Å². The minimum atomic E-state index is -0.576. The second kappa shape index (κ2) is 4.49. The predicted molar refractivity (Wildman–Crippen MR) is 37.0 cm³/mol. The second-order valence-corrected chi connectivity index (χ2v) is 2.06. The van der Waals surface area contributed by atoms with E-state index in [4.69, 9.17) is 5.26 Å². The van der Waals surface area contributed by atoms with Gasteiger partial charge in [-0.15, -0.1) is 12.4 Å². The van der Waals surface area contributed by atoms with Crippen LogP contribution >= 0.6 is 12.4 Å². The van der Waals surface area contributed by atoms with Gasteiger partial charge in [0.25, 0.3) is 0 Å². The number of carbonyl (C=O) groups excluding carboxylic acids is 1. The topological polar surface area (TPSA) is 58.6 Å². The Morgan fingerprint density at radius 2 is 2.40 bits per heavy atom. The molecule has 0 bridgehead atoms. The minimum absolute atomic E-state index is 0. The van der Waals surface area contributed by atoms with Crippen LogP contribution < -0.4 is 5.32 Å². The van der Waals surface area contributed by atoms with Gasteiger partial charge in [0, 0.05) is 0 Å². The monoisotopic (exact) mass is 167 g/mol. The molecule has 1 aliphatic rings. The number of rotatable bonds is 1. The van der Waals surface area contributed by atoms with Crippen LogP contribution in [0.15, 0.2) is 0 Å².